The third-order valence-corrected chi connectivity index (χ3v) is 4.45. The molecule has 0 aliphatic carbocycles. The summed E-state index contributed by atoms with van der Waals surface area (Å²) in [6.45, 7) is 10.5. The minimum atomic E-state index is 0.887. The summed E-state index contributed by atoms with van der Waals surface area (Å²) < 4.78 is 7.79. The molecule has 0 aromatic carbocycles. The lowest BCUT2D eigenvalue weighted by Gasteiger charge is -2.27. The van der Waals surface area contributed by atoms with Gasteiger partial charge in [-0.2, -0.15) is 0 Å². The third-order valence-electron chi connectivity index (χ3n) is 4.45. The summed E-state index contributed by atoms with van der Waals surface area (Å²) >= 11 is 0. The minimum Gasteiger partial charge on any atom is -0.379 e. The van der Waals surface area contributed by atoms with Crippen LogP contribution in [-0.2, 0) is 17.8 Å². The highest BCUT2D eigenvalue weighted by Crippen LogP contribution is 2.05. The number of ether oxygens (including phenoxy) is 1. The maximum atomic E-state index is 5.40. The molecule has 1 aliphatic rings. The Kier molecular flexibility index (Phi) is 8.61. The van der Waals surface area contributed by atoms with Crippen molar-refractivity contribution < 1.29 is 4.74 Å². The van der Waals surface area contributed by atoms with Crippen molar-refractivity contribution in [1.29, 1.82) is 0 Å². The first-order chi connectivity index (χ1) is 10.9. The average molecular weight is 307 g/mol. The summed E-state index contributed by atoms with van der Waals surface area (Å²) in [6, 6.07) is 4.40. The molecule has 1 saturated heterocycles. The van der Waals surface area contributed by atoms with Gasteiger partial charge >= 0.3 is 0 Å². The van der Waals surface area contributed by atoms with Gasteiger partial charge in [-0.25, -0.2) is 0 Å². The number of aromatic nitrogens is 1. The molecule has 0 atom stereocenters. The average Bonchev–Trinajstić information content (AvgIpc) is 3.00. The van der Waals surface area contributed by atoms with Gasteiger partial charge in [-0.1, -0.05) is 32.6 Å². The first-order valence-electron chi connectivity index (χ1n) is 9.05. The lowest BCUT2D eigenvalue weighted by molar-refractivity contribution is 0.0363. The van der Waals surface area contributed by atoms with E-state index in [0.717, 1.165) is 52.5 Å². The number of rotatable bonds is 11. The highest BCUT2D eigenvalue weighted by Gasteiger charge is 2.10. The second kappa shape index (κ2) is 10.8. The molecule has 1 aromatic heterocycles. The first kappa shape index (κ1) is 17.5. The zero-order chi connectivity index (χ0) is 15.5. The van der Waals surface area contributed by atoms with Crippen molar-refractivity contribution in [1.82, 2.24) is 14.8 Å². The molecule has 0 bridgehead atoms. The molecule has 1 fully saturated rings. The zero-order valence-electron chi connectivity index (χ0n) is 14.2. The van der Waals surface area contributed by atoms with E-state index in [1.807, 2.05) is 0 Å². The Labute approximate surface area is 135 Å². The second-order valence-corrected chi connectivity index (χ2v) is 6.24. The van der Waals surface area contributed by atoms with E-state index in [4.69, 9.17) is 4.74 Å². The van der Waals surface area contributed by atoms with Crippen molar-refractivity contribution in [2.24, 2.45) is 0 Å². The Morgan fingerprint density at radius 2 is 1.91 bits per heavy atom. The van der Waals surface area contributed by atoms with Gasteiger partial charge in [0.1, 0.15) is 0 Å². The van der Waals surface area contributed by atoms with E-state index in [-0.39, 0.29) is 0 Å². The molecule has 2 rings (SSSR count). The van der Waals surface area contributed by atoms with Crippen molar-refractivity contribution in [3.8, 4) is 0 Å². The summed E-state index contributed by atoms with van der Waals surface area (Å²) in [7, 11) is 0. The maximum Gasteiger partial charge on any atom is 0.0594 e. The van der Waals surface area contributed by atoms with E-state index < -0.39 is 0 Å². The number of morpholine rings is 1. The normalized spacial score (nSPS) is 16.2. The van der Waals surface area contributed by atoms with Gasteiger partial charge in [0.2, 0.25) is 0 Å². The molecule has 2 heterocycles. The highest BCUT2D eigenvalue weighted by atomic mass is 16.5. The van der Waals surface area contributed by atoms with Gasteiger partial charge in [-0.3, -0.25) is 4.90 Å². The van der Waals surface area contributed by atoms with Gasteiger partial charge in [0.05, 0.1) is 13.2 Å². The molecule has 0 radical (unpaired) electrons. The highest BCUT2D eigenvalue weighted by molar-refractivity contribution is 5.06. The molecule has 1 aliphatic heterocycles. The van der Waals surface area contributed by atoms with Crippen LogP contribution < -0.4 is 5.32 Å². The zero-order valence-corrected chi connectivity index (χ0v) is 14.2. The Morgan fingerprint density at radius 3 is 2.73 bits per heavy atom. The largest absolute Gasteiger partial charge is 0.379 e. The van der Waals surface area contributed by atoms with Crippen molar-refractivity contribution >= 4 is 0 Å². The summed E-state index contributed by atoms with van der Waals surface area (Å²) in [5.74, 6) is 0. The van der Waals surface area contributed by atoms with Crippen LogP contribution in [0.5, 0.6) is 0 Å². The number of hydrogen-bond acceptors (Lipinski definition) is 3. The van der Waals surface area contributed by atoms with E-state index >= 15 is 0 Å². The lowest BCUT2D eigenvalue weighted by Crippen LogP contribution is -2.38. The molecule has 22 heavy (non-hydrogen) atoms. The summed E-state index contributed by atoms with van der Waals surface area (Å²) in [5.41, 5.74) is 1.40. The molecule has 1 N–H and O–H groups in total. The van der Waals surface area contributed by atoms with E-state index in [9.17, 15) is 0 Å². The first-order valence-corrected chi connectivity index (χ1v) is 9.05. The number of nitrogens with zero attached hydrogens (tertiary/aromatic N) is 2. The van der Waals surface area contributed by atoms with Crippen molar-refractivity contribution in [2.75, 3.05) is 39.4 Å². The lowest BCUT2D eigenvalue weighted by atomic mass is 10.1. The number of nitrogens with one attached hydrogen (secondary N) is 1. The van der Waals surface area contributed by atoms with E-state index in [0.29, 0.717) is 0 Å². The van der Waals surface area contributed by atoms with Crippen LogP contribution in [0.1, 0.15) is 44.7 Å². The number of unbranched alkanes of at least 4 members (excludes halogenated alkanes) is 4. The van der Waals surface area contributed by atoms with Crippen molar-refractivity contribution in [3.05, 3.63) is 24.0 Å². The quantitative estimate of drug-likeness (QED) is 0.638. The molecule has 126 valence electrons. The smallest absolute Gasteiger partial charge is 0.0594 e. The van der Waals surface area contributed by atoms with E-state index in [1.165, 1.54) is 37.8 Å². The second-order valence-electron chi connectivity index (χ2n) is 6.24. The van der Waals surface area contributed by atoms with Gasteiger partial charge in [-0.15, -0.1) is 0 Å². The molecule has 4 heteroatoms. The Bertz CT molecular complexity index is 385. The van der Waals surface area contributed by atoms with Crippen LogP contribution in [0.15, 0.2) is 18.3 Å². The van der Waals surface area contributed by atoms with E-state index in [2.05, 4.69) is 40.0 Å². The van der Waals surface area contributed by atoms with Gasteiger partial charge in [0, 0.05) is 44.6 Å². The molecule has 0 unspecified atom stereocenters. The van der Waals surface area contributed by atoms with Gasteiger partial charge in [0.15, 0.2) is 0 Å². The monoisotopic (exact) mass is 307 g/mol. The van der Waals surface area contributed by atoms with Crippen molar-refractivity contribution in [3.63, 3.8) is 0 Å². The van der Waals surface area contributed by atoms with Crippen LogP contribution in [0.2, 0.25) is 0 Å². The number of hydrogen-bond donors (Lipinski definition) is 1. The molecule has 1 aromatic rings. The van der Waals surface area contributed by atoms with Crippen LogP contribution in [0.4, 0.5) is 0 Å². The summed E-state index contributed by atoms with van der Waals surface area (Å²) in [6.07, 6.45) is 8.95. The van der Waals surface area contributed by atoms with Crippen LogP contribution in [0.25, 0.3) is 0 Å². The minimum absolute atomic E-state index is 0.887. The Morgan fingerprint density at radius 1 is 1.09 bits per heavy atom. The van der Waals surface area contributed by atoms with Gasteiger partial charge in [0.25, 0.3) is 0 Å². The fourth-order valence-electron chi connectivity index (χ4n) is 2.97. The SMILES string of the molecule is CCCCCCCNCc1cccn1CCN1CCOCC1. The predicted octanol–water partition coefficient (Wildman–Crippen LogP) is 2.88. The summed E-state index contributed by atoms with van der Waals surface area (Å²) in [5, 5.41) is 3.59. The molecule has 4 nitrogen and oxygen atoms in total. The third kappa shape index (κ3) is 6.51. The molecular weight excluding hydrogens is 274 g/mol. The van der Waals surface area contributed by atoms with Crippen LogP contribution in [-0.4, -0.2) is 48.9 Å². The fraction of sp³-hybridized carbons (Fsp3) is 0.778. The van der Waals surface area contributed by atoms with Crippen LogP contribution in [0.3, 0.4) is 0 Å². The van der Waals surface area contributed by atoms with Gasteiger partial charge < -0.3 is 14.6 Å². The molecule has 0 saturated carbocycles. The molecular formula is C18H33N3O. The standard InChI is InChI=1S/C18H33N3O/c1-2-3-4-5-6-9-19-17-18-8-7-10-21(18)12-11-20-13-15-22-16-14-20/h7-8,10,19H,2-6,9,11-17H2,1H3. The fourth-order valence-corrected chi connectivity index (χ4v) is 2.97. The van der Waals surface area contributed by atoms with E-state index in [1.54, 1.807) is 0 Å². The molecule has 0 amide bonds. The Balaban J connectivity index is 1.59. The van der Waals surface area contributed by atoms with Crippen LogP contribution >= 0.6 is 0 Å². The molecule has 0 spiro atoms. The van der Waals surface area contributed by atoms with Crippen LogP contribution in [0, 0.1) is 0 Å². The Hall–Kier alpha value is -0.840. The predicted molar refractivity (Wildman–Crippen MR) is 92.2 cm³/mol. The summed E-state index contributed by atoms with van der Waals surface area (Å²) in [4.78, 5) is 2.49. The van der Waals surface area contributed by atoms with Crippen molar-refractivity contribution in [2.45, 2.75) is 52.1 Å². The topological polar surface area (TPSA) is 29.4 Å². The van der Waals surface area contributed by atoms with Gasteiger partial charge in [-0.05, 0) is 25.1 Å². The maximum absolute atomic E-state index is 5.40.